The summed E-state index contributed by atoms with van der Waals surface area (Å²) in [5, 5.41) is 0. The fourth-order valence-corrected chi connectivity index (χ4v) is 1.03. The molecule has 0 aliphatic rings. The summed E-state index contributed by atoms with van der Waals surface area (Å²) < 4.78 is 36.2. The number of rotatable bonds is 2. The third-order valence-corrected chi connectivity index (χ3v) is 1.68. The van der Waals surface area contributed by atoms with Gasteiger partial charge in [-0.2, -0.15) is 13.2 Å². The Hall–Kier alpha value is -1.58. The summed E-state index contributed by atoms with van der Waals surface area (Å²) in [6.45, 7) is 3.34. The molecule has 1 aromatic rings. The van der Waals surface area contributed by atoms with E-state index >= 15 is 0 Å². The Morgan fingerprint density at radius 3 is 2.36 bits per heavy atom. The number of ketones is 1. The lowest BCUT2D eigenvalue weighted by molar-refractivity contribution is -0.0885. The number of hydrogen-bond donors (Lipinski definition) is 0. The Balaban J connectivity index is 3.19. The molecule has 1 aromatic carbocycles. The van der Waals surface area contributed by atoms with Crippen LogP contribution >= 0.6 is 0 Å². The van der Waals surface area contributed by atoms with Gasteiger partial charge in [-0.05, 0) is 5.56 Å². The molecule has 0 N–H and O–H groups in total. The largest absolute Gasteiger partial charge is 0.454 e. The van der Waals surface area contributed by atoms with Crippen LogP contribution in [0, 0.1) is 0 Å². The smallest absolute Gasteiger partial charge is 0.284 e. The third kappa shape index (κ3) is 2.02. The van der Waals surface area contributed by atoms with Gasteiger partial charge in [0.25, 0.3) is 5.78 Å². The second-order valence-electron chi connectivity index (χ2n) is 2.62. The quantitative estimate of drug-likeness (QED) is 0.670. The van der Waals surface area contributed by atoms with Crippen molar-refractivity contribution >= 4 is 11.9 Å². The first-order valence-corrected chi connectivity index (χ1v) is 3.80. The number of hydrogen-bond acceptors (Lipinski definition) is 1. The van der Waals surface area contributed by atoms with Crippen LogP contribution in [0.3, 0.4) is 0 Å². The second-order valence-corrected chi connectivity index (χ2v) is 2.62. The molecule has 0 aliphatic carbocycles. The summed E-state index contributed by atoms with van der Waals surface area (Å²) in [7, 11) is 0. The molecule has 4 heteroatoms. The molecule has 0 aliphatic heterocycles. The van der Waals surface area contributed by atoms with Crippen LogP contribution in [0.2, 0.25) is 0 Å². The summed E-state index contributed by atoms with van der Waals surface area (Å²) in [5.74, 6) is -1.84. The molecule has 14 heavy (non-hydrogen) atoms. The maximum absolute atomic E-state index is 12.1. The zero-order valence-electron chi connectivity index (χ0n) is 7.14. The van der Waals surface area contributed by atoms with E-state index in [-0.39, 0.29) is 11.1 Å². The van der Waals surface area contributed by atoms with Gasteiger partial charge in [0.15, 0.2) is 0 Å². The van der Waals surface area contributed by atoms with Gasteiger partial charge in [0, 0.05) is 5.56 Å². The fourth-order valence-electron chi connectivity index (χ4n) is 1.03. The van der Waals surface area contributed by atoms with Gasteiger partial charge in [0.05, 0.1) is 0 Å². The van der Waals surface area contributed by atoms with Crippen LogP contribution < -0.4 is 0 Å². The highest BCUT2D eigenvalue weighted by Gasteiger charge is 2.39. The summed E-state index contributed by atoms with van der Waals surface area (Å²) >= 11 is 0. The van der Waals surface area contributed by atoms with Crippen LogP contribution in [0.25, 0.3) is 6.08 Å². The first-order valence-electron chi connectivity index (χ1n) is 3.80. The summed E-state index contributed by atoms with van der Waals surface area (Å²) in [5.41, 5.74) is -0.176. The van der Waals surface area contributed by atoms with Gasteiger partial charge in [-0.1, -0.05) is 36.9 Å². The molecular formula is C10H7F3O. The minimum atomic E-state index is -4.83. The zero-order chi connectivity index (χ0) is 10.8. The van der Waals surface area contributed by atoms with Crippen molar-refractivity contribution in [2.24, 2.45) is 0 Å². The van der Waals surface area contributed by atoms with E-state index in [0.717, 1.165) is 6.07 Å². The molecule has 0 bridgehead atoms. The number of halogens is 3. The van der Waals surface area contributed by atoms with E-state index in [1.54, 1.807) is 6.07 Å². The lowest BCUT2D eigenvalue weighted by atomic mass is 10.0. The van der Waals surface area contributed by atoms with Crippen LogP contribution in [0.1, 0.15) is 15.9 Å². The van der Waals surface area contributed by atoms with Gasteiger partial charge in [-0.15, -0.1) is 0 Å². The minimum absolute atomic E-state index is 0.190. The average molecular weight is 200 g/mol. The van der Waals surface area contributed by atoms with E-state index in [2.05, 4.69) is 6.58 Å². The summed E-state index contributed by atoms with van der Waals surface area (Å²) in [4.78, 5) is 10.9. The maximum Gasteiger partial charge on any atom is 0.454 e. The van der Waals surface area contributed by atoms with Gasteiger partial charge in [0.1, 0.15) is 0 Å². The SMILES string of the molecule is C=Cc1ccccc1C(=O)C(F)(F)F. The molecule has 0 fully saturated rings. The molecule has 0 aromatic heterocycles. The number of carbonyl (C=O) groups excluding carboxylic acids is 1. The molecule has 0 atom stereocenters. The Morgan fingerprint density at radius 2 is 1.86 bits per heavy atom. The van der Waals surface area contributed by atoms with Crippen molar-refractivity contribution in [1.82, 2.24) is 0 Å². The van der Waals surface area contributed by atoms with Gasteiger partial charge in [-0.3, -0.25) is 4.79 Å². The highest BCUT2D eigenvalue weighted by Crippen LogP contribution is 2.23. The number of carbonyl (C=O) groups is 1. The summed E-state index contributed by atoms with van der Waals surface area (Å²) in [6, 6.07) is 5.47. The van der Waals surface area contributed by atoms with Crippen LogP contribution in [0.4, 0.5) is 13.2 Å². The van der Waals surface area contributed by atoms with Crippen LogP contribution in [-0.4, -0.2) is 12.0 Å². The predicted octanol–water partition coefficient (Wildman–Crippen LogP) is 3.07. The van der Waals surface area contributed by atoms with Crippen molar-refractivity contribution in [3.8, 4) is 0 Å². The first kappa shape index (κ1) is 10.5. The molecule has 0 heterocycles. The van der Waals surface area contributed by atoms with E-state index in [0.29, 0.717) is 0 Å². The number of Topliss-reactive ketones (excluding diaryl/α,β-unsaturated/α-hetero) is 1. The van der Waals surface area contributed by atoms with Crippen LogP contribution in [0.15, 0.2) is 30.8 Å². The van der Waals surface area contributed by atoms with Crippen molar-refractivity contribution in [3.63, 3.8) is 0 Å². The molecule has 0 unspecified atom stereocenters. The Kier molecular flexibility index (Phi) is 2.74. The van der Waals surface area contributed by atoms with Gasteiger partial charge in [-0.25, -0.2) is 0 Å². The van der Waals surface area contributed by atoms with Gasteiger partial charge in [0.2, 0.25) is 0 Å². The monoisotopic (exact) mass is 200 g/mol. The molecular weight excluding hydrogens is 193 g/mol. The molecule has 0 amide bonds. The number of alkyl halides is 3. The van der Waals surface area contributed by atoms with Crippen molar-refractivity contribution < 1.29 is 18.0 Å². The van der Waals surface area contributed by atoms with Crippen LogP contribution in [-0.2, 0) is 0 Å². The van der Waals surface area contributed by atoms with Crippen molar-refractivity contribution in [1.29, 1.82) is 0 Å². The third-order valence-electron chi connectivity index (χ3n) is 1.68. The lowest BCUT2D eigenvalue weighted by Gasteiger charge is -2.07. The van der Waals surface area contributed by atoms with Crippen molar-refractivity contribution in [3.05, 3.63) is 42.0 Å². The molecule has 0 spiro atoms. The number of benzene rings is 1. The van der Waals surface area contributed by atoms with E-state index in [9.17, 15) is 18.0 Å². The zero-order valence-corrected chi connectivity index (χ0v) is 7.14. The maximum atomic E-state index is 12.1. The molecule has 1 nitrogen and oxygen atoms in total. The molecule has 74 valence electrons. The van der Waals surface area contributed by atoms with E-state index in [1.165, 1.54) is 18.2 Å². The molecule has 0 radical (unpaired) electrons. The standard InChI is InChI=1S/C10H7F3O/c1-2-7-5-3-4-6-8(7)9(14)10(11,12)13/h2-6H,1H2. The summed E-state index contributed by atoms with van der Waals surface area (Å²) in [6.07, 6.45) is -3.61. The normalized spacial score (nSPS) is 11.1. The Labute approximate surface area is 78.9 Å². The second kappa shape index (κ2) is 3.65. The first-order chi connectivity index (χ1) is 6.46. The lowest BCUT2D eigenvalue weighted by Crippen LogP contribution is -2.23. The Bertz CT molecular complexity index is 366. The fraction of sp³-hybridized carbons (Fsp3) is 0.100. The van der Waals surface area contributed by atoms with Crippen molar-refractivity contribution in [2.45, 2.75) is 6.18 Å². The van der Waals surface area contributed by atoms with Crippen molar-refractivity contribution in [2.75, 3.05) is 0 Å². The van der Waals surface area contributed by atoms with Crippen LogP contribution in [0.5, 0.6) is 0 Å². The minimum Gasteiger partial charge on any atom is -0.284 e. The highest BCUT2D eigenvalue weighted by molar-refractivity contribution is 6.03. The average Bonchev–Trinajstić information content (AvgIpc) is 2.15. The molecule has 0 saturated heterocycles. The van der Waals surface area contributed by atoms with E-state index in [4.69, 9.17) is 0 Å². The topological polar surface area (TPSA) is 17.1 Å². The van der Waals surface area contributed by atoms with Gasteiger partial charge < -0.3 is 0 Å². The van der Waals surface area contributed by atoms with E-state index in [1.807, 2.05) is 0 Å². The molecule has 0 saturated carbocycles. The van der Waals surface area contributed by atoms with Gasteiger partial charge >= 0.3 is 6.18 Å². The predicted molar refractivity (Wildman–Crippen MR) is 46.9 cm³/mol. The molecule has 1 rings (SSSR count). The highest BCUT2D eigenvalue weighted by atomic mass is 19.4. The Morgan fingerprint density at radius 1 is 1.29 bits per heavy atom. The van der Waals surface area contributed by atoms with E-state index < -0.39 is 12.0 Å².